The van der Waals surface area contributed by atoms with Gasteiger partial charge < -0.3 is 10.2 Å². The molecule has 0 saturated heterocycles. The van der Waals surface area contributed by atoms with Gasteiger partial charge >= 0.3 is 0 Å². The predicted molar refractivity (Wildman–Crippen MR) is 102 cm³/mol. The summed E-state index contributed by atoms with van der Waals surface area (Å²) in [5.41, 5.74) is 13.4. The zero-order chi connectivity index (χ0) is 17.7. The van der Waals surface area contributed by atoms with E-state index in [1.165, 1.54) is 0 Å². The van der Waals surface area contributed by atoms with Crippen LogP contribution in [0.5, 0.6) is 0 Å². The fourth-order valence-electron chi connectivity index (χ4n) is 3.19. The van der Waals surface area contributed by atoms with Gasteiger partial charge in [0, 0.05) is 5.39 Å². The van der Waals surface area contributed by atoms with Crippen LogP contribution >= 0.6 is 0 Å². The van der Waals surface area contributed by atoms with E-state index in [1.54, 1.807) is 0 Å². The molecule has 6 nitrogen and oxygen atoms in total. The maximum absolute atomic E-state index is 6.18. The molecule has 3 N–H and O–H groups in total. The van der Waals surface area contributed by atoms with Crippen LogP contribution in [-0.4, -0.2) is 15.6 Å². The number of benzene rings is 2. The van der Waals surface area contributed by atoms with Gasteiger partial charge in [0.25, 0.3) is 0 Å². The third-order valence-corrected chi connectivity index (χ3v) is 4.40. The van der Waals surface area contributed by atoms with E-state index in [0.29, 0.717) is 23.0 Å². The Bertz CT molecular complexity index is 1150. The van der Waals surface area contributed by atoms with Crippen molar-refractivity contribution in [2.45, 2.75) is 0 Å². The molecular weight excluding hydrogens is 326 g/mol. The molecule has 26 heavy (non-hydrogen) atoms. The molecule has 0 spiro atoms. The average Bonchev–Trinajstić information content (AvgIpc) is 3.27. The lowest BCUT2D eigenvalue weighted by Crippen LogP contribution is -2.25. The van der Waals surface area contributed by atoms with Crippen molar-refractivity contribution in [1.82, 2.24) is 15.2 Å². The standard InChI is InChI=1S/C20H15N5O/c1-12-18-17(20(21)23-22-12)19(25(24-18)14-8-3-2-4-9-14)16-11-13-7-5-6-10-15(13)26-16/h2-11,22H,1H2,(H2,21,23). The van der Waals surface area contributed by atoms with Crippen molar-refractivity contribution in [2.75, 3.05) is 0 Å². The molecule has 0 unspecified atom stereocenters. The number of nitrogens with two attached hydrogens (primary N) is 1. The fourth-order valence-corrected chi connectivity index (χ4v) is 3.19. The first-order valence-corrected chi connectivity index (χ1v) is 8.18. The fraction of sp³-hybridized carbons (Fsp3) is 0. The molecule has 1 aliphatic heterocycles. The average molecular weight is 341 g/mol. The second-order valence-electron chi connectivity index (χ2n) is 6.06. The Morgan fingerprint density at radius 3 is 2.62 bits per heavy atom. The van der Waals surface area contributed by atoms with Crippen molar-refractivity contribution in [3.8, 4) is 17.1 Å². The van der Waals surface area contributed by atoms with Crippen LogP contribution in [0.1, 0.15) is 11.3 Å². The molecule has 0 saturated carbocycles. The number of nitrogens with one attached hydrogen (secondary N) is 1. The first kappa shape index (κ1) is 14.5. The van der Waals surface area contributed by atoms with Gasteiger partial charge in [-0.15, -0.1) is 0 Å². The molecule has 0 radical (unpaired) electrons. The predicted octanol–water partition coefficient (Wildman–Crippen LogP) is 3.48. The van der Waals surface area contributed by atoms with Crippen molar-refractivity contribution >= 4 is 22.5 Å². The summed E-state index contributed by atoms with van der Waals surface area (Å²) in [7, 11) is 0. The monoisotopic (exact) mass is 341 g/mol. The third kappa shape index (κ3) is 2.05. The highest BCUT2D eigenvalue weighted by atomic mass is 16.3. The second-order valence-corrected chi connectivity index (χ2v) is 6.06. The molecule has 3 heterocycles. The van der Waals surface area contributed by atoms with Crippen LogP contribution in [0, 0.1) is 0 Å². The van der Waals surface area contributed by atoms with E-state index in [0.717, 1.165) is 27.9 Å². The minimum atomic E-state index is 0.352. The Labute approximate surface area is 149 Å². The topological polar surface area (TPSA) is 81.4 Å². The molecule has 0 aliphatic carbocycles. The highest BCUT2D eigenvalue weighted by molar-refractivity contribution is 6.08. The van der Waals surface area contributed by atoms with E-state index < -0.39 is 0 Å². The molecule has 6 heteroatoms. The van der Waals surface area contributed by atoms with E-state index >= 15 is 0 Å². The van der Waals surface area contributed by atoms with Gasteiger partial charge in [-0.1, -0.05) is 43.0 Å². The summed E-state index contributed by atoms with van der Waals surface area (Å²) >= 11 is 0. The zero-order valence-electron chi connectivity index (χ0n) is 13.8. The maximum atomic E-state index is 6.18. The number of nitrogens with zero attached hydrogens (tertiary/aromatic N) is 3. The number of para-hydroxylation sites is 2. The number of hydrogen-bond donors (Lipinski definition) is 2. The van der Waals surface area contributed by atoms with E-state index in [9.17, 15) is 0 Å². The minimum absolute atomic E-state index is 0.352. The second kappa shape index (κ2) is 5.35. The van der Waals surface area contributed by atoms with Crippen LogP contribution in [0.4, 0.5) is 0 Å². The molecule has 4 aromatic rings. The molecule has 1 aliphatic rings. The van der Waals surface area contributed by atoms with Gasteiger partial charge in [-0.3, -0.25) is 5.43 Å². The lowest BCUT2D eigenvalue weighted by atomic mass is 10.1. The van der Waals surface area contributed by atoms with Crippen molar-refractivity contribution in [3.05, 3.63) is 78.5 Å². The van der Waals surface area contributed by atoms with Crippen LogP contribution in [0.2, 0.25) is 0 Å². The summed E-state index contributed by atoms with van der Waals surface area (Å²) in [5, 5.41) is 9.90. The minimum Gasteiger partial charge on any atom is -0.454 e. The summed E-state index contributed by atoms with van der Waals surface area (Å²) in [5.74, 6) is 1.03. The lowest BCUT2D eigenvalue weighted by molar-refractivity contribution is 0.624. The molecule has 2 aromatic heterocycles. The van der Waals surface area contributed by atoms with E-state index in [1.807, 2.05) is 65.3 Å². The maximum Gasteiger partial charge on any atom is 0.155 e. The van der Waals surface area contributed by atoms with Crippen LogP contribution in [-0.2, 0) is 0 Å². The molecule has 0 fully saturated rings. The van der Waals surface area contributed by atoms with E-state index in [-0.39, 0.29) is 0 Å². The number of hydrazone groups is 1. The summed E-state index contributed by atoms with van der Waals surface area (Å²) in [6, 6.07) is 19.7. The molecule has 5 rings (SSSR count). The number of fused-ring (bicyclic) bond motifs is 2. The van der Waals surface area contributed by atoms with Crippen molar-refractivity contribution < 1.29 is 4.42 Å². The number of rotatable bonds is 2. The van der Waals surface area contributed by atoms with Gasteiger partial charge in [0.2, 0.25) is 0 Å². The number of aromatic nitrogens is 2. The van der Waals surface area contributed by atoms with Crippen molar-refractivity contribution in [1.29, 1.82) is 0 Å². The Morgan fingerprint density at radius 1 is 1.04 bits per heavy atom. The Hall–Kier alpha value is -3.80. The molecule has 2 aromatic carbocycles. The molecule has 126 valence electrons. The SMILES string of the molecule is C=C1NN=C(N)c2c1nn(-c1ccccc1)c2-c1cc2ccccc2o1. The van der Waals surface area contributed by atoms with Gasteiger partial charge in [-0.25, -0.2) is 4.68 Å². The highest BCUT2D eigenvalue weighted by Gasteiger charge is 2.29. The van der Waals surface area contributed by atoms with Crippen LogP contribution in [0.15, 0.2) is 76.8 Å². The summed E-state index contributed by atoms with van der Waals surface area (Å²) in [6.45, 7) is 3.99. The Morgan fingerprint density at radius 2 is 1.81 bits per heavy atom. The van der Waals surface area contributed by atoms with Gasteiger partial charge in [0.1, 0.15) is 17.0 Å². The van der Waals surface area contributed by atoms with Crippen LogP contribution in [0.25, 0.3) is 33.8 Å². The van der Waals surface area contributed by atoms with Crippen molar-refractivity contribution in [2.24, 2.45) is 10.8 Å². The van der Waals surface area contributed by atoms with Gasteiger partial charge in [-0.2, -0.15) is 10.2 Å². The molecule has 0 amide bonds. The largest absolute Gasteiger partial charge is 0.454 e. The molecular formula is C20H15N5O. The van der Waals surface area contributed by atoms with Gasteiger partial charge in [0.05, 0.1) is 16.9 Å². The van der Waals surface area contributed by atoms with Gasteiger partial charge in [0.15, 0.2) is 11.6 Å². The Balaban J connectivity index is 1.85. The van der Waals surface area contributed by atoms with E-state index in [4.69, 9.17) is 15.2 Å². The van der Waals surface area contributed by atoms with Crippen molar-refractivity contribution in [3.63, 3.8) is 0 Å². The molecule has 0 atom stereocenters. The number of hydrogen-bond acceptors (Lipinski definition) is 5. The number of amidine groups is 1. The Kier molecular flexibility index (Phi) is 2.99. The normalized spacial score (nSPS) is 13.4. The lowest BCUT2D eigenvalue weighted by Gasteiger charge is -2.12. The van der Waals surface area contributed by atoms with Gasteiger partial charge in [-0.05, 0) is 24.3 Å². The smallest absolute Gasteiger partial charge is 0.155 e. The summed E-state index contributed by atoms with van der Waals surface area (Å²) < 4.78 is 7.93. The third-order valence-electron chi connectivity index (χ3n) is 4.40. The van der Waals surface area contributed by atoms with Crippen LogP contribution in [0.3, 0.4) is 0 Å². The quantitative estimate of drug-likeness (QED) is 0.585. The summed E-state index contributed by atoms with van der Waals surface area (Å²) in [6.07, 6.45) is 0. The first-order valence-electron chi connectivity index (χ1n) is 8.18. The highest BCUT2D eigenvalue weighted by Crippen LogP contribution is 2.35. The summed E-state index contributed by atoms with van der Waals surface area (Å²) in [4.78, 5) is 0. The van der Waals surface area contributed by atoms with Crippen LogP contribution < -0.4 is 11.2 Å². The molecule has 0 bridgehead atoms. The number of furan rings is 1. The first-order chi connectivity index (χ1) is 12.7. The zero-order valence-corrected chi connectivity index (χ0v) is 13.8. The van der Waals surface area contributed by atoms with E-state index in [2.05, 4.69) is 17.1 Å².